The number of nitrogens with zero attached hydrogens (tertiary/aromatic N) is 1. The first kappa shape index (κ1) is 32.4. The first-order valence-electron chi connectivity index (χ1n) is 19.6. The van der Waals surface area contributed by atoms with E-state index >= 15 is 0 Å². The van der Waals surface area contributed by atoms with E-state index in [0.29, 0.717) is 0 Å². The van der Waals surface area contributed by atoms with Crippen LogP contribution in [0.3, 0.4) is 0 Å². The molecule has 0 spiro atoms. The summed E-state index contributed by atoms with van der Waals surface area (Å²) >= 11 is 0. The number of para-hydroxylation sites is 3. The maximum atomic E-state index is 6.49. The summed E-state index contributed by atoms with van der Waals surface area (Å²) in [4.78, 5) is 2.32. The Morgan fingerprint density at radius 3 is 1.57 bits per heavy atom. The van der Waals surface area contributed by atoms with Crippen LogP contribution >= 0.6 is 0 Å². The molecule has 9 aromatic carbocycles. The average Bonchev–Trinajstić information content (AvgIpc) is 3.98. The number of rotatable bonds is 6. The minimum Gasteiger partial charge on any atom is -0.456 e. The van der Waals surface area contributed by atoms with Gasteiger partial charge in [-0.2, -0.15) is 0 Å². The van der Waals surface area contributed by atoms with Crippen LogP contribution in [-0.2, 0) is 0 Å². The largest absolute Gasteiger partial charge is 0.456 e. The van der Waals surface area contributed by atoms with Gasteiger partial charge in [0.05, 0.1) is 0 Å². The Morgan fingerprint density at radius 2 is 0.810 bits per heavy atom. The molecule has 3 aromatic heterocycles. The van der Waals surface area contributed by atoms with Gasteiger partial charge in [-0.15, -0.1) is 0 Å². The average molecular weight is 744 g/mol. The van der Waals surface area contributed by atoms with E-state index in [-0.39, 0.29) is 0 Å². The van der Waals surface area contributed by atoms with Crippen molar-refractivity contribution >= 4 is 82.9 Å². The number of anilines is 3. The molecule has 12 aromatic rings. The van der Waals surface area contributed by atoms with Gasteiger partial charge in [-0.3, -0.25) is 0 Å². The normalized spacial score (nSPS) is 11.8. The van der Waals surface area contributed by atoms with Gasteiger partial charge < -0.3 is 18.2 Å². The van der Waals surface area contributed by atoms with Crippen LogP contribution in [0, 0.1) is 0 Å². The Bertz CT molecular complexity index is 3500. The molecule has 0 bridgehead atoms. The highest BCUT2D eigenvalue weighted by atomic mass is 16.3. The zero-order valence-corrected chi connectivity index (χ0v) is 31.2. The van der Waals surface area contributed by atoms with Gasteiger partial charge in [-0.1, -0.05) is 127 Å². The molecule has 4 nitrogen and oxygen atoms in total. The second kappa shape index (κ2) is 12.9. The van der Waals surface area contributed by atoms with E-state index in [0.717, 1.165) is 111 Å². The van der Waals surface area contributed by atoms with Gasteiger partial charge >= 0.3 is 0 Å². The van der Waals surface area contributed by atoms with Crippen molar-refractivity contribution in [2.75, 3.05) is 4.90 Å². The fourth-order valence-corrected chi connectivity index (χ4v) is 8.73. The zero-order valence-electron chi connectivity index (χ0n) is 31.2. The lowest BCUT2D eigenvalue weighted by Gasteiger charge is -2.26. The molecule has 0 aliphatic rings. The van der Waals surface area contributed by atoms with Crippen LogP contribution in [0.25, 0.3) is 99.2 Å². The van der Waals surface area contributed by atoms with Crippen molar-refractivity contribution in [1.82, 2.24) is 0 Å². The number of hydrogen-bond acceptors (Lipinski definition) is 4. The molecule has 0 amide bonds. The predicted molar refractivity (Wildman–Crippen MR) is 239 cm³/mol. The van der Waals surface area contributed by atoms with E-state index in [1.165, 1.54) is 5.56 Å². The van der Waals surface area contributed by atoms with Crippen molar-refractivity contribution in [3.8, 4) is 33.4 Å². The lowest BCUT2D eigenvalue weighted by molar-refractivity contribution is 0.663. The van der Waals surface area contributed by atoms with Gasteiger partial charge in [0.25, 0.3) is 0 Å². The van der Waals surface area contributed by atoms with Crippen LogP contribution in [0.15, 0.2) is 213 Å². The van der Waals surface area contributed by atoms with Crippen molar-refractivity contribution in [3.63, 3.8) is 0 Å². The minimum atomic E-state index is 0.854. The van der Waals surface area contributed by atoms with Gasteiger partial charge in [-0.25, -0.2) is 0 Å². The summed E-state index contributed by atoms with van der Waals surface area (Å²) in [6.07, 6.45) is 0. The quantitative estimate of drug-likeness (QED) is 0.170. The van der Waals surface area contributed by atoms with E-state index < -0.39 is 0 Å². The minimum absolute atomic E-state index is 0.854. The molecule has 0 radical (unpaired) electrons. The van der Waals surface area contributed by atoms with Crippen LogP contribution in [0.2, 0.25) is 0 Å². The number of fused-ring (bicyclic) bond motifs is 10. The lowest BCUT2D eigenvalue weighted by atomic mass is 10.0. The Balaban J connectivity index is 0.940. The van der Waals surface area contributed by atoms with E-state index in [1.54, 1.807) is 0 Å². The third-order valence-electron chi connectivity index (χ3n) is 11.5. The smallest absolute Gasteiger partial charge is 0.143 e. The molecule has 0 atom stereocenters. The third kappa shape index (κ3) is 5.16. The van der Waals surface area contributed by atoms with E-state index in [1.807, 2.05) is 36.4 Å². The van der Waals surface area contributed by atoms with Crippen molar-refractivity contribution < 1.29 is 13.3 Å². The molecule has 0 fully saturated rings. The van der Waals surface area contributed by atoms with Crippen LogP contribution < -0.4 is 4.90 Å². The van der Waals surface area contributed by atoms with Gasteiger partial charge in [0.1, 0.15) is 33.5 Å². The summed E-state index contributed by atoms with van der Waals surface area (Å²) in [6, 6.07) is 70.3. The van der Waals surface area contributed by atoms with Crippen molar-refractivity contribution in [1.29, 1.82) is 0 Å². The van der Waals surface area contributed by atoms with Gasteiger partial charge in [0.2, 0.25) is 0 Å². The highest BCUT2D eigenvalue weighted by molar-refractivity contribution is 6.25. The van der Waals surface area contributed by atoms with E-state index in [9.17, 15) is 0 Å². The van der Waals surface area contributed by atoms with Crippen LogP contribution in [0.4, 0.5) is 17.1 Å². The Labute approximate surface area is 333 Å². The molecule has 0 unspecified atom stereocenters. The molecule has 12 rings (SSSR count). The molecule has 0 aliphatic heterocycles. The number of furan rings is 3. The monoisotopic (exact) mass is 743 g/mol. The third-order valence-corrected chi connectivity index (χ3v) is 11.5. The summed E-state index contributed by atoms with van der Waals surface area (Å²) < 4.78 is 19.1. The molecule has 58 heavy (non-hydrogen) atoms. The van der Waals surface area contributed by atoms with Gasteiger partial charge in [0, 0.05) is 54.9 Å². The van der Waals surface area contributed by atoms with Crippen molar-refractivity contribution in [2.24, 2.45) is 0 Å². The zero-order chi connectivity index (χ0) is 38.2. The molecule has 0 N–H and O–H groups in total. The Hall–Kier alpha value is -7.82. The van der Waals surface area contributed by atoms with E-state index in [2.05, 4.69) is 169 Å². The summed E-state index contributed by atoms with van der Waals surface area (Å²) in [5.41, 5.74) is 15.2. The summed E-state index contributed by atoms with van der Waals surface area (Å²) in [6.45, 7) is 0. The van der Waals surface area contributed by atoms with Crippen LogP contribution in [0.5, 0.6) is 0 Å². The first-order valence-corrected chi connectivity index (χ1v) is 19.6. The second-order valence-electron chi connectivity index (χ2n) is 14.8. The van der Waals surface area contributed by atoms with Crippen LogP contribution in [-0.4, -0.2) is 0 Å². The Kier molecular flexibility index (Phi) is 7.20. The Morgan fingerprint density at radius 1 is 0.276 bits per heavy atom. The van der Waals surface area contributed by atoms with Gasteiger partial charge in [0.15, 0.2) is 0 Å². The topological polar surface area (TPSA) is 42.7 Å². The first-order chi connectivity index (χ1) is 28.7. The molecule has 4 heteroatoms. The standard InChI is InChI=1S/C54H33NO3/c1-2-10-34(11-3-1)37-12-8-13-41(32-37)55(40-27-22-36(23-28-40)42-16-9-17-44-43-14-4-6-18-47(43)58-54(42)44)39-25-20-35(21-26-39)38-24-29-46-51(33-38)57-50-31-30-49-52(53(46)50)45-15-5-7-19-48(45)56-49/h1-33H. The lowest BCUT2D eigenvalue weighted by Crippen LogP contribution is -2.10. The molecule has 272 valence electrons. The number of benzene rings is 9. The maximum absolute atomic E-state index is 6.49. The fourth-order valence-electron chi connectivity index (χ4n) is 8.73. The van der Waals surface area contributed by atoms with E-state index in [4.69, 9.17) is 13.3 Å². The highest BCUT2D eigenvalue weighted by Crippen LogP contribution is 2.43. The fraction of sp³-hybridized carbons (Fsp3) is 0. The highest BCUT2D eigenvalue weighted by Gasteiger charge is 2.19. The molecule has 0 saturated heterocycles. The maximum Gasteiger partial charge on any atom is 0.143 e. The molecule has 0 aliphatic carbocycles. The molecular weight excluding hydrogens is 711 g/mol. The van der Waals surface area contributed by atoms with Gasteiger partial charge in [-0.05, 0) is 101 Å². The van der Waals surface area contributed by atoms with Crippen molar-refractivity contribution in [2.45, 2.75) is 0 Å². The predicted octanol–water partition coefficient (Wildman–Crippen LogP) is 15.9. The molecule has 0 saturated carbocycles. The second-order valence-corrected chi connectivity index (χ2v) is 14.8. The van der Waals surface area contributed by atoms with Crippen molar-refractivity contribution in [3.05, 3.63) is 200 Å². The SMILES string of the molecule is c1ccc(-c2cccc(N(c3ccc(-c4ccc5c(c4)oc4ccc6oc7ccccc7c6c45)cc3)c3ccc(-c4cccc5c4oc4ccccc45)cc3)c2)cc1. The summed E-state index contributed by atoms with van der Waals surface area (Å²) in [5.74, 6) is 0. The van der Waals surface area contributed by atoms with Crippen LogP contribution in [0.1, 0.15) is 0 Å². The summed E-state index contributed by atoms with van der Waals surface area (Å²) in [5, 5.41) is 6.62. The number of hydrogen-bond donors (Lipinski definition) is 0. The molecule has 3 heterocycles. The molecular formula is C54H33NO3. The summed E-state index contributed by atoms with van der Waals surface area (Å²) in [7, 11) is 0.